The summed E-state index contributed by atoms with van der Waals surface area (Å²) >= 11 is 0. The van der Waals surface area contributed by atoms with E-state index in [0.717, 1.165) is 5.56 Å². The summed E-state index contributed by atoms with van der Waals surface area (Å²) in [5.41, 5.74) is 6.50. The van der Waals surface area contributed by atoms with Crippen LogP contribution in [0.5, 0.6) is 5.75 Å². The first-order valence-corrected chi connectivity index (χ1v) is 6.44. The van der Waals surface area contributed by atoms with E-state index in [1.807, 2.05) is 30.3 Å². The van der Waals surface area contributed by atoms with E-state index in [1.54, 1.807) is 30.3 Å². The zero-order valence-electron chi connectivity index (χ0n) is 11.4. The van der Waals surface area contributed by atoms with E-state index in [4.69, 9.17) is 10.5 Å². The number of hydrogen-bond donors (Lipinski definition) is 1. The van der Waals surface area contributed by atoms with E-state index in [0.29, 0.717) is 11.3 Å². The van der Waals surface area contributed by atoms with Gasteiger partial charge in [-0.3, -0.25) is 9.59 Å². The molecule has 0 saturated carbocycles. The lowest BCUT2D eigenvalue weighted by Gasteiger charge is -2.03. The van der Waals surface area contributed by atoms with Crippen molar-refractivity contribution in [1.82, 2.24) is 0 Å². The lowest BCUT2D eigenvalue weighted by molar-refractivity contribution is -0.119. The van der Waals surface area contributed by atoms with Crippen LogP contribution >= 0.6 is 0 Å². The van der Waals surface area contributed by atoms with Crippen molar-refractivity contribution >= 4 is 17.8 Å². The Bertz CT molecular complexity index is 645. The predicted molar refractivity (Wildman–Crippen MR) is 80.9 cm³/mol. The largest absolute Gasteiger partial charge is 0.484 e. The Balaban J connectivity index is 2.00. The van der Waals surface area contributed by atoms with Gasteiger partial charge in [0, 0.05) is 5.56 Å². The highest BCUT2D eigenvalue weighted by Crippen LogP contribution is 2.13. The summed E-state index contributed by atoms with van der Waals surface area (Å²) in [6, 6.07) is 16.1. The van der Waals surface area contributed by atoms with Gasteiger partial charge >= 0.3 is 0 Å². The third-order valence-electron chi connectivity index (χ3n) is 2.75. The molecule has 0 bridgehead atoms. The second-order valence-corrected chi connectivity index (χ2v) is 4.39. The molecule has 21 heavy (non-hydrogen) atoms. The first-order chi connectivity index (χ1) is 10.1. The van der Waals surface area contributed by atoms with Crippen molar-refractivity contribution in [3.8, 4) is 5.75 Å². The Morgan fingerprint density at radius 3 is 2.29 bits per heavy atom. The molecule has 0 spiro atoms. The molecule has 2 N–H and O–H groups in total. The van der Waals surface area contributed by atoms with E-state index in [-0.39, 0.29) is 12.4 Å². The lowest BCUT2D eigenvalue weighted by atomic mass is 10.1. The molecule has 0 radical (unpaired) electrons. The van der Waals surface area contributed by atoms with Crippen LogP contribution in [0.2, 0.25) is 0 Å². The summed E-state index contributed by atoms with van der Waals surface area (Å²) in [7, 11) is 0. The Morgan fingerprint density at radius 2 is 1.67 bits per heavy atom. The van der Waals surface area contributed by atoms with Gasteiger partial charge in [-0.15, -0.1) is 0 Å². The Labute approximate surface area is 122 Å². The van der Waals surface area contributed by atoms with Gasteiger partial charge in [-0.2, -0.15) is 0 Å². The quantitative estimate of drug-likeness (QED) is 0.653. The molecule has 0 aliphatic heterocycles. The highest BCUT2D eigenvalue weighted by Gasteiger charge is 2.03. The number of hydrogen-bond acceptors (Lipinski definition) is 3. The molecule has 0 aliphatic carbocycles. The molecule has 2 rings (SSSR count). The van der Waals surface area contributed by atoms with Crippen LogP contribution in [0.1, 0.15) is 15.9 Å². The molecule has 0 aliphatic rings. The minimum Gasteiger partial charge on any atom is -0.484 e. The van der Waals surface area contributed by atoms with Crippen molar-refractivity contribution in [3.05, 3.63) is 71.8 Å². The first-order valence-electron chi connectivity index (χ1n) is 6.44. The number of ketones is 1. The molecule has 0 atom stereocenters. The molecular formula is C17H15NO3. The third kappa shape index (κ3) is 4.62. The molecule has 106 valence electrons. The van der Waals surface area contributed by atoms with Crippen LogP contribution < -0.4 is 10.5 Å². The van der Waals surface area contributed by atoms with Crippen LogP contribution in [0, 0.1) is 0 Å². The minimum absolute atomic E-state index is 0.0969. The first kappa shape index (κ1) is 14.5. The zero-order valence-corrected chi connectivity index (χ0v) is 11.4. The van der Waals surface area contributed by atoms with Gasteiger partial charge in [-0.05, 0) is 35.9 Å². The topological polar surface area (TPSA) is 69.4 Å². The molecule has 0 saturated heterocycles. The molecule has 2 aromatic rings. The van der Waals surface area contributed by atoms with Crippen LogP contribution in [0.25, 0.3) is 6.08 Å². The highest BCUT2D eigenvalue weighted by atomic mass is 16.5. The molecular weight excluding hydrogens is 266 g/mol. The van der Waals surface area contributed by atoms with Crippen molar-refractivity contribution in [3.63, 3.8) is 0 Å². The summed E-state index contributed by atoms with van der Waals surface area (Å²) in [4.78, 5) is 22.6. The summed E-state index contributed by atoms with van der Waals surface area (Å²) in [5, 5.41) is 0. The van der Waals surface area contributed by atoms with Gasteiger partial charge in [0.1, 0.15) is 5.75 Å². The van der Waals surface area contributed by atoms with E-state index >= 15 is 0 Å². The summed E-state index contributed by atoms with van der Waals surface area (Å²) in [6.45, 7) is -0.179. The summed E-state index contributed by atoms with van der Waals surface area (Å²) < 4.78 is 5.13. The lowest BCUT2D eigenvalue weighted by Crippen LogP contribution is -2.19. The fourth-order valence-electron chi connectivity index (χ4n) is 1.70. The van der Waals surface area contributed by atoms with Crippen molar-refractivity contribution in [2.75, 3.05) is 6.61 Å². The van der Waals surface area contributed by atoms with E-state index < -0.39 is 5.91 Å². The zero-order chi connectivity index (χ0) is 15.1. The fourth-order valence-corrected chi connectivity index (χ4v) is 1.70. The second-order valence-electron chi connectivity index (χ2n) is 4.39. The van der Waals surface area contributed by atoms with Gasteiger partial charge in [0.25, 0.3) is 5.91 Å². The Hall–Kier alpha value is -2.88. The normalized spacial score (nSPS) is 10.5. The molecule has 4 nitrogen and oxygen atoms in total. The monoisotopic (exact) mass is 281 g/mol. The maximum atomic E-state index is 12.0. The second kappa shape index (κ2) is 7.05. The van der Waals surface area contributed by atoms with E-state index in [9.17, 15) is 9.59 Å². The number of nitrogens with two attached hydrogens (primary N) is 1. The number of benzene rings is 2. The van der Waals surface area contributed by atoms with Crippen LogP contribution in [0.15, 0.2) is 60.7 Å². The number of carbonyl (C=O) groups is 2. The molecule has 0 heterocycles. The molecule has 2 aromatic carbocycles. The van der Waals surface area contributed by atoms with Crippen LogP contribution in [0.3, 0.4) is 0 Å². The summed E-state index contributed by atoms with van der Waals surface area (Å²) in [5.74, 6) is -0.140. The van der Waals surface area contributed by atoms with Gasteiger partial charge in [0.2, 0.25) is 0 Å². The van der Waals surface area contributed by atoms with Crippen LogP contribution in [-0.2, 0) is 4.79 Å². The third-order valence-corrected chi connectivity index (χ3v) is 2.75. The fraction of sp³-hybridized carbons (Fsp3) is 0.0588. The van der Waals surface area contributed by atoms with Gasteiger partial charge in [0.15, 0.2) is 12.4 Å². The average molecular weight is 281 g/mol. The molecule has 0 aromatic heterocycles. The minimum atomic E-state index is -0.541. The molecule has 0 fully saturated rings. The molecule has 4 heteroatoms. The smallest absolute Gasteiger partial charge is 0.255 e. The van der Waals surface area contributed by atoms with Crippen LogP contribution in [-0.4, -0.2) is 18.3 Å². The predicted octanol–water partition coefficient (Wildman–Crippen LogP) is 2.45. The van der Waals surface area contributed by atoms with Gasteiger partial charge in [-0.25, -0.2) is 0 Å². The standard InChI is InChI=1S/C17H15NO3/c18-17(20)12-21-15-9-7-14(8-10-15)16(19)11-6-13-4-2-1-3-5-13/h1-11H,12H2,(H2,18,20). The Kier molecular flexibility index (Phi) is 4.88. The van der Waals surface area contributed by atoms with Crippen molar-refractivity contribution < 1.29 is 14.3 Å². The van der Waals surface area contributed by atoms with Crippen LogP contribution in [0.4, 0.5) is 0 Å². The van der Waals surface area contributed by atoms with Gasteiger partial charge in [0.05, 0.1) is 0 Å². The number of rotatable bonds is 6. The number of allylic oxidation sites excluding steroid dienone is 1. The number of ether oxygens (including phenoxy) is 1. The van der Waals surface area contributed by atoms with Gasteiger partial charge in [-0.1, -0.05) is 36.4 Å². The van der Waals surface area contributed by atoms with Crippen molar-refractivity contribution in [2.24, 2.45) is 5.73 Å². The van der Waals surface area contributed by atoms with Gasteiger partial charge < -0.3 is 10.5 Å². The van der Waals surface area contributed by atoms with Crippen molar-refractivity contribution in [2.45, 2.75) is 0 Å². The maximum Gasteiger partial charge on any atom is 0.255 e. The Morgan fingerprint density at radius 1 is 1.00 bits per heavy atom. The number of carbonyl (C=O) groups excluding carboxylic acids is 2. The SMILES string of the molecule is NC(=O)COc1ccc(C(=O)C=Cc2ccccc2)cc1. The van der Waals surface area contributed by atoms with E-state index in [2.05, 4.69) is 0 Å². The average Bonchev–Trinajstić information content (AvgIpc) is 2.52. The molecule has 1 amide bonds. The maximum absolute atomic E-state index is 12.0. The van der Waals surface area contributed by atoms with E-state index in [1.165, 1.54) is 6.08 Å². The number of primary amides is 1. The number of amides is 1. The molecule has 0 unspecified atom stereocenters. The highest BCUT2D eigenvalue weighted by molar-refractivity contribution is 6.06. The van der Waals surface area contributed by atoms with Crippen molar-refractivity contribution in [1.29, 1.82) is 0 Å². The summed E-state index contributed by atoms with van der Waals surface area (Å²) in [6.07, 6.45) is 3.29.